The van der Waals surface area contributed by atoms with Crippen molar-refractivity contribution in [2.24, 2.45) is 0 Å². The smallest absolute Gasteiger partial charge is 0.384 e. The molecule has 0 radical (unpaired) electrons. The molecular weight excluding hydrogens is 629 g/mol. The Morgan fingerprint density at radius 1 is 0.938 bits per heavy atom. The molecule has 0 bridgehead atoms. The van der Waals surface area contributed by atoms with Gasteiger partial charge in [0, 0.05) is 47.2 Å². The lowest BCUT2D eigenvalue weighted by Crippen LogP contribution is -2.41. The predicted molar refractivity (Wildman–Crippen MR) is 174 cm³/mol. The number of anilines is 1. The van der Waals surface area contributed by atoms with E-state index >= 15 is 0 Å². The van der Waals surface area contributed by atoms with Gasteiger partial charge in [-0.15, -0.1) is 0 Å². The van der Waals surface area contributed by atoms with Gasteiger partial charge in [0.2, 0.25) is 0 Å². The summed E-state index contributed by atoms with van der Waals surface area (Å²) in [5, 5.41) is 15.8. The third-order valence-electron chi connectivity index (χ3n) is 8.84. The number of fused-ring (bicyclic) bond motifs is 2. The zero-order valence-electron chi connectivity index (χ0n) is 25.5. The van der Waals surface area contributed by atoms with Gasteiger partial charge in [-0.3, -0.25) is 33.8 Å². The van der Waals surface area contributed by atoms with E-state index in [1.54, 1.807) is 34.7 Å². The zero-order chi connectivity index (χ0) is 33.9. The molecule has 2 amide bonds. The lowest BCUT2D eigenvalue weighted by molar-refractivity contribution is -0.384. The molecule has 0 aliphatic carbocycles. The summed E-state index contributed by atoms with van der Waals surface area (Å²) in [5.74, 6) is -0.999. The van der Waals surface area contributed by atoms with Crippen molar-refractivity contribution < 1.29 is 27.7 Å². The van der Waals surface area contributed by atoms with Crippen LogP contribution in [-0.4, -0.2) is 69.1 Å². The van der Waals surface area contributed by atoms with Crippen LogP contribution in [0.1, 0.15) is 39.1 Å². The minimum atomic E-state index is -4.59. The summed E-state index contributed by atoms with van der Waals surface area (Å²) >= 11 is 0. The normalized spacial score (nSPS) is 13.6. The fourth-order valence-electron chi connectivity index (χ4n) is 6.54. The number of aromatic nitrogens is 2. The number of nitrogens with one attached hydrogen (secondary N) is 1. The van der Waals surface area contributed by atoms with Gasteiger partial charge in [-0.2, -0.15) is 13.2 Å². The third-order valence-corrected chi connectivity index (χ3v) is 8.84. The summed E-state index contributed by atoms with van der Waals surface area (Å²) in [5.41, 5.74) is 0.770. The van der Waals surface area contributed by atoms with E-state index in [-0.39, 0.29) is 28.6 Å². The van der Waals surface area contributed by atoms with Crippen molar-refractivity contribution in [3.63, 3.8) is 0 Å². The van der Waals surface area contributed by atoms with Gasteiger partial charge in [0.25, 0.3) is 17.5 Å². The van der Waals surface area contributed by atoms with Gasteiger partial charge in [0.05, 0.1) is 38.0 Å². The van der Waals surface area contributed by atoms with Gasteiger partial charge in [-0.1, -0.05) is 12.1 Å². The van der Waals surface area contributed by atoms with Gasteiger partial charge < -0.3 is 10.2 Å². The fraction of sp³-hybridized carbons (Fsp3) is 0.235. The van der Waals surface area contributed by atoms with Crippen molar-refractivity contribution in [3.05, 3.63) is 104 Å². The number of hydrogen-bond donors (Lipinski definition) is 1. The van der Waals surface area contributed by atoms with Crippen LogP contribution in [0.2, 0.25) is 0 Å². The number of amides is 2. The third kappa shape index (κ3) is 5.14. The number of non-ortho nitro benzene ring substituents is 1. The average molecular weight is 657 g/mol. The van der Waals surface area contributed by atoms with E-state index in [0.29, 0.717) is 71.0 Å². The van der Waals surface area contributed by atoms with E-state index < -0.39 is 33.9 Å². The Balaban J connectivity index is 0.998. The molecule has 4 aromatic carbocycles. The second-order valence-electron chi connectivity index (χ2n) is 11.9. The molecule has 2 aromatic heterocycles. The van der Waals surface area contributed by atoms with E-state index in [4.69, 9.17) is 0 Å². The van der Waals surface area contributed by atoms with Crippen LogP contribution >= 0.6 is 0 Å². The summed E-state index contributed by atoms with van der Waals surface area (Å²) in [6, 6.07) is 14.1. The highest BCUT2D eigenvalue weighted by molar-refractivity contribution is 6.25. The molecule has 3 heterocycles. The van der Waals surface area contributed by atoms with Crippen molar-refractivity contribution in [3.8, 4) is 0 Å². The summed E-state index contributed by atoms with van der Waals surface area (Å²) in [6.45, 7) is 1.78. The molecule has 0 saturated carbocycles. The maximum Gasteiger partial charge on any atom is 0.416 e. The van der Waals surface area contributed by atoms with Crippen LogP contribution in [0.15, 0.2) is 71.8 Å². The quantitative estimate of drug-likeness (QED) is 0.0631. The minimum absolute atomic E-state index is 0.0466. The molecule has 1 aliphatic rings. The first kappa shape index (κ1) is 31.0. The van der Waals surface area contributed by atoms with Crippen molar-refractivity contribution in [1.82, 2.24) is 19.2 Å². The Bertz CT molecular complexity index is 2360. The maximum atomic E-state index is 13.6. The molecule has 0 atom stereocenters. The number of hydrogen-bond acceptors (Lipinski definition) is 8. The van der Waals surface area contributed by atoms with Gasteiger partial charge in [-0.25, -0.2) is 4.98 Å². The molecule has 0 fully saturated rings. The number of halogens is 3. The number of carbonyl (C=O) groups is 2. The van der Waals surface area contributed by atoms with Crippen LogP contribution in [0, 0.1) is 10.1 Å². The SMILES string of the molecule is CN(CCCNc1ccc2ncn3c4ccc(C(F)(F)F)cc4c(=O)c1c23)CCCN1C(=O)c2cccc3cc([N+](=O)[O-])cc(c23)C1=O. The molecule has 48 heavy (non-hydrogen) atoms. The van der Waals surface area contributed by atoms with Crippen LogP contribution < -0.4 is 10.7 Å². The standard InChI is InChI=1S/C34H27F3N6O5/c1-40(13-4-14-41-32(45)22-6-2-5-19-15-21(43(47)48)17-24(28(19)22)33(41)46)12-3-11-38-25-8-9-26-30-29(25)31(44)23-16-20(34(35,36)37)7-10-27(23)42(30)18-39-26/h2,5-10,15-18,38H,3-4,11-14H2,1H3. The molecule has 244 valence electrons. The first-order valence-electron chi connectivity index (χ1n) is 15.2. The van der Waals surface area contributed by atoms with Crippen LogP contribution in [0.4, 0.5) is 24.5 Å². The van der Waals surface area contributed by atoms with Crippen LogP contribution in [-0.2, 0) is 6.18 Å². The largest absolute Gasteiger partial charge is 0.416 e. The fourth-order valence-corrected chi connectivity index (χ4v) is 6.54. The van der Waals surface area contributed by atoms with Crippen molar-refractivity contribution in [2.45, 2.75) is 19.0 Å². The molecule has 6 aromatic rings. The van der Waals surface area contributed by atoms with Crippen molar-refractivity contribution in [1.29, 1.82) is 0 Å². The first-order chi connectivity index (χ1) is 22.9. The maximum absolute atomic E-state index is 13.6. The number of nitrogens with zero attached hydrogens (tertiary/aromatic N) is 5. The Morgan fingerprint density at radius 2 is 1.71 bits per heavy atom. The van der Waals surface area contributed by atoms with E-state index in [0.717, 1.165) is 17.0 Å². The minimum Gasteiger partial charge on any atom is -0.384 e. The summed E-state index contributed by atoms with van der Waals surface area (Å²) in [4.78, 5) is 58.4. The highest BCUT2D eigenvalue weighted by Crippen LogP contribution is 2.35. The molecule has 7 rings (SSSR count). The number of imide groups is 1. The molecule has 0 spiro atoms. The monoisotopic (exact) mass is 656 g/mol. The highest BCUT2D eigenvalue weighted by Gasteiger charge is 2.34. The molecule has 0 saturated heterocycles. The molecule has 1 aliphatic heterocycles. The number of imidazole rings is 1. The molecule has 0 unspecified atom stereocenters. The average Bonchev–Trinajstić information content (AvgIpc) is 3.49. The summed E-state index contributed by atoms with van der Waals surface area (Å²) in [7, 11) is 1.90. The number of rotatable bonds is 10. The second-order valence-corrected chi connectivity index (χ2v) is 11.9. The summed E-state index contributed by atoms with van der Waals surface area (Å²) in [6.07, 6.45) is -1.97. The number of pyridine rings is 1. The van der Waals surface area contributed by atoms with E-state index in [9.17, 15) is 37.7 Å². The van der Waals surface area contributed by atoms with Crippen LogP contribution in [0.25, 0.3) is 38.1 Å². The Morgan fingerprint density at radius 3 is 2.48 bits per heavy atom. The van der Waals surface area contributed by atoms with Crippen LogP contribution in [0.3, 0.4) is 0 Å². The zero-order valence-corrected chi connectivity index (χ0v) is 25.5. The first-order valence-corrected chi connectivity index (χ1v) is 15.2. The van der Waals surface area contributed by atoms with Gasteiger partial charge in [-0.05, 0) is 74.8 Å². The highest BCUT2D eigenvalue weighted by atomic mass is 19.4. The lowest BCUT2D eigenvalue weighted by atomic mass is 9.93. The van der Waals surface area contributed by atoms with Gasteiger partial charge in [0.1, 0.15) is 6.33 Å². The molecule has 1 N–H and O–H groups in total. The topological polar surface area (TPSA) is 130 Å². The predicted octanol–water partition coefficient (Wildman–Crippen LogP) is 5.94. The molecule has 11 nitrogen and oxygen atoms in total. The van der Waals surface area contributed by atoms with Crippen molar-refractivity contribution in [2.75, 3.05) is 38.5 Å². The Kier molecular flexibility index (Phi) is 7.46. The van der Waals surface area contributed by atoms with E-state index in [2.05, 4.69) is 10.3 Å². The second kappa shape index (κ2) is 11.6. The Hall–Kier alpha value is -5.63. The van der Waals surface area contributed by atoms with Gasteiger partial charge in [0.15, 0.2) is 5.43 Å². The van der Waals surface area contributed by atoms with E-state index in [1.807, 2.05) is 11.9 Å². The molecule has 14 heteroatoms. The van der Waals surface area contributed by atoms with E-state index in [1.165, 1.54) is 24.5 Å². The molecular formula is C34H27F3N6O5. The van der Waals surface area contributed by atoms with Crippen LogP contribution in [0.5, 0.6) is 0 Å². The number of nitro benzene ring substituents is 1. The number of nitro groups is 1. The summed E-state index contributed by atoms with van der Waals surface area (Å²) < 4.78 is 42.0. The number of carbonyl (C=O) groups excluding carboxylic acids is 2. The lowest BCUT2D eigenvalue weighted by Gasteiger charge is -2.27. The van der Waals surface area contributed by atoms with Gasteiger partial charge >= 0.3 is 6.18 Å². The van der Waals surface area contributed by atoms with Crippen molar-refractivity contribution >= 4 is 61.3 Å². The Labute approximate surface area is 269 Å². The number of alkyl halides is 3. The number of benzene rings is 4.